The van der Waals surface area contributed by atoms with Crippen LogP contribution in [-0.2, 0) is 4.79 Å². The first-order chi connectivity index (χ1) is 12.1. The van der Waals surface area contributed by atoms with Crippen molar-refractivity contribution in [3.63, 3.8) is 0 Å². The van der Waals surface area contributed by atoms with Crippen molar-refractivity contribution in [2.75, 3.05) is 16.8 Å². The second-order valence-electron chi connectivity index (χ2n) is 5.78. The third kappa shape index (κ3) is 3.65. The summed E-state index contributed by atoms with van der Waals surface area (Å²) < 4.78 is 0. The maximum absolute atomic E-state index is 12.3. The lowest BCUT2D eigenvalue weighted by Crippen LogP contribution is -2.35. The highest BCUT2D eigenvalue weighted by atomic mass is 16.6. The molecule has 0 atom stereocenters. The summed E-state index contributed by atoms with van der Waals surface area (Å²) in [4.78, 5) is 36.4. The van der Waals surface area contributed by atoms with Crippen molar-refractivity contribution in [1.29, 1.82) is 0 Å². The lowest BCUT2D eigenvalue weighted by Gasteiger charge is -2.26. The maximum Gasteiger partial charge on any atom is 0.282 e. The van der Waals surface area contributed by atoms with Gasteiger partial charge in [-0.2, -0.15) is 0 Å². The van der Waals surface area contributed by atoms with Crippen LogP contribution in [-0.4, -0.2) is 23.3 Å². The Labute approximate surface area is 144 Å². The fourth-order valence-corrected chi connectivity index (χ4v) is 2.83. The summed E-state index contributed by atoms with van der Waals surface area (Å²) >= 11 is 0. The first-order valence-corrected chi connectivity index (χ1v) is 8.01. The van der Waals surface area contributed by atoms with E-state index in [1.807, 2.05) is 0 Å². The van der Waals surface area contributed by atoms with E-state index in [0.717, 1.165) is 18.5 Å². The number of rotatable bonds is 4. The second kappa shape index (κ2) is 7.12. The van der Waals surface area contributed by atoms with Gasteiger partial charge in [0.15, 0.2) is 0 Å². The van der Waals surface area contributed by atoms with Gasteiger partial charge in [0.25, 0.3) is 11.6 Å². The molecule has 7 nitrogen and oxygen atoms in total. The summed E-state index contributed by atoms with van der Waals surface area (Å²) in [6.45, 7) is 0.695. The zero-order valence-corrected chi connectivity index (χ0v) is 13.5. The van der Waals surface area contributed by atoms with Crippen molar-refractivity contribution in [3.8, 4) is 0 Å². The Morgan fingerprint density at radius 3 is 2.48 bits per heavy atom. The third-order valence-corrected chi connectivity index (χ3v) is 4.11. The molecule has 3 rings (SSSR count). The molecular weight excluding hydrogens is 322 g/mol. The lowest BCUT2D eigenvalue weighted by molar-refractivity contribution is -0.385. The minimum Gasteiger partial charge on any atom is -0.322 e. The van der Waals surface area contributed by atoms with E-state index < -0.39 is 10.8 Å². The lowest BCUT2D eigenvalue weighted by atomic mass is 10.1. The highest BCUT2D eigenvalue weighted by Crippen LogP contribution is 2.24. The highest BCUT2D eigenvalue weighted by molar-refractivity contribution is 6.07. The van der Waals surface area contributed by atoms with Crippen LogP contribution < -0.4 is 10.2 Å². The van der Waals surface area contributed by atoms with Crippen LogP contribution in [0, 0.1) is 10.1 Å². The second-order valence-corrected chi connectivity index (χ2v) is 5.78. The number of carbonyl (C=O) groups excluding carboxylic acids is 2. The molecule has 2 aromatic rings. The van der Waals surface area contributed by atoms with Gasteiger partial charge < -0.3 is 10.2 Å². The van der Waals surface area contributed by atoms with Crippen LogP contribution in [0.1, 0.15) is 29.6 Å². The van der Waals surface area contributed by atoms with Gasteiger partial charge in [0.2, 0.25) is 5.91 Å². The molecule has 1 N–H and O–H groups in total. The maximum atomic E-state index is 12.3. The fourth-order valence-electron chi connectivity index (χ4n) is 2.83. The average molecular weight is 339 g/mol. The zero-order chi connectivity index (χ0) is 17.8. The molecule has 1 saturated heterocycles. The zero-order valence-electron chi connectivity index (χ0n) is 13.5. The Morgan fingerprint density at radius 2 is 1.80 bits per heavy atom. The normalized spacial score (nSPS) is 14.2. The number of nitrogens with one attached hydrogen (secondary N) is 1. The summed E-state index contributed by atoms with van der Waals surface area (Å²) in [6.07, 6.45) is 2.44. The molecular formula is C18H17N3O4. The number of nitro benzene ring substituents is 1. The number of benzene rings is 2. The molecule has 2 amide bonds. The summed E-state index contributed by atoms with van der Waals surface area (Å²) in [5.41, 5.74) is 1.06. The SMILES string of the molecule is O=C(Nc1ccc(N2CCCCC2=O)cc1)c1ccccc1[N+](=O)[O-]. The molecule has 0 saturated carbocycles. The summed E-state index contributed by atoms with van der Waals surface area (Å²) in [5.74, 6) is -0.447. The van der Waals surface area contributed by atoms with Crippen molar-refractivity contribution in [1.82, 2.24) is 0 Å². The number of nitrogens with zero attached hydrogens (tertiary/aromatic N) is 2. The molecule has 0 radical (unpaired) electrons. The summed E-state index contributed by atoms with van der Waals surface area (Å²) in [7, 11) is 0. The van der Waals surface area contributed by atoms with Crippen molar-refractivity contribution >= 4 is 28.9 Å². The molecule has 0 aliphatic carbocycles. The van der Waals surface area contributed by atoms with Crippen LogP contribution in [0.15, 0.2) is 48.5 Å². The van der Waals surface area contributed by atoms with E-state index in [9.17, 15) is 19.7 Å². The molecule has 1 fully saturated rings. The Hall–Kier alpha value is -3.22. The van der Waals surface area contributed by atoms with Gasteiger partial charge in [-0.1, -0.05) is 12.1 Å². The van der Waals surface area contributed by atoms with E-state index in [2.05, 4.69) is 5.32 Å². The van der Waals surface area contributed by atoms with Crippen molar-refractivity contribution in [2.45, 2.75) is 19.3 Å². The van der Waals surface area contributed by atoms with Crippen LogP contribution in [0.5, 0.6) is 0 Å². The van der Waals surface area contributed by atoms with E-state index in [-0.39, 0.29) is 17.2 Å². The fraction of sp³-hybridized carbons (Fsp3) is 0.222. The van der Waals surface area contributed by atoms with Gasteiger partial charge >= 0.3 is 0 Å². The number of piperidine rings is 1. The molecule has 7 heteroatoms. The topological polar surface area (TPSA) is 92.6 Å². The molecule has 0 bridgehead atoms. The third-order valence-electron chi connectivity index (χ3n) is 4.11. The molecule has 0 aromatic heterocycles. The minimum atomic E-state index is -0.583. The molecule has 25 heavy (non-hydrogen) atoms. The van der Waals surface area contributed by atoms with Gasteiger partial charge in [-0.3, -0.25) is 19.7 Å². The minimum absolute atomic E-state index is 0.00258. The predicted octanol–water partition coefficient (Wildman–Crippen LogP) is 3.36. The standard InChI is InChI=1S/C18H17N3O4/c22-17-7-3-4-12-20(17)14-10-8-13(9-11-14)19-18(23)15-5-1-2-6-16(15)21(24)25/h1-2,5-6,8-11H,3-4,7,12H2,(H,19,23). The summed E-state index contributed by atoms with van der Waals surface area (Å²) in [6, 6.07) is 12.7. The van der Waals surface area contributed by atoms with Crippen molar-refractivity contribution < 1.29 is 14.5 Å². The van der Waals surface area contributed by atoms with Crippen LogP contribution in [0.4, 0.5) is 17.1 Å². The molecule has 0 unspecified atom stereocenters. The van der Waals surface area contributed by atoms with Crippen LogP contribution >= 0.6 is 0 Å². The first-order valence-electron chi connectivity index (χ1n) is 8.01. The van der Waals surface area contributed by atoms with E-state index in [0.29, 0.717) is 18.7 Å². The van der Waals surface area contributed by atoms with E-state index in [4.69, 9.17) is 0 Å². The van der Waals surface area contributed by atoms with Gasteiger partial charge in [-0.25, -0.2) is 0 Å². The Balaban J connectivity index is 1.74. The van der Waals surface area contributed by atoms with E-state index >= 15 is 0 Å². The van der Waals surface area contributed by atoms with Gasteiger partial charge in [0.05, 0.1) is 4.92 Å². The van der Waals surface area contributed by atoms with Crippen molar-refractivity contribution in [2.24, 2.45) is 0 Å². The first kappa shape index (κ1) is 16.6. The smallest absolute Gasteiger partial charge is 0.282 e. The Bertz CT molecular complexity index is 817. The molecule has 1 heterocycles. The number of amides is 2. The molecule has 1 aliphatic heterocycles. The van der Waals surface area contributed by atoms with Crippen molar-refractivity contribution in [3.05, 3.63) is 64.2 Å². The number of carbonyl (C=O) groups is 2. The number of anilines is 2. The quantitative estimate of drug-likeness (QED) is 0.683. The molecule has 2 aromatic carbocycles. The number of hydrogen-bond acceptors (Lipinski definition) is 4. The molecule has 1 aliphatic rings. The molecule has 0 spiro atoms. The van der Waals surface area contributed by atoms with E-state index in [1.54, 1.807) is 35.2 Å². The van der Waals surface area contributed by atoms with Gasteiger partial charge in [0.1, 0.15) is 5.56 Å². The van der Waals surface area contributed by atoms with Gasteiger partial charge in [-0.15, -0.1) is 0 Å². The monoisotopic (exact) mass is 339 g/mol. The van der Waals surface area contributed by atoms with Crippen LogP contribution in [0.3, 0.4) is 0 Å². The summed E-state index contributed by atoms with van der Waals surface area (Å²) in [5, 5.41) is 13.7. The Kier molecular flexibility index (Phi) is 4.74. The Morgan fingerprint density at radius 1 is 1.08 bits per heavy atom. The number of para-hydroxylation sites is 1. The number of nitro groups is 1. The molecule has 128 valence electrons. The number of hydrogen-bond donors (Lipinski definition) is 1. The van der Waals surface area contributed by atoms with E-state index in [1.165, 1.54) is 18.2 Å². The van der Waals surface area contributed by atoms with Crippen LogP contribution in [0.25, 0.3) is 0 Å². The highest BCUT2D eigenvalue weighted by Gasteiger charge is 2.21. The van der Waals surface area contributed by atoms with Crippen LogP contribution in [0.2, 0.25) is 0 Å². The largest absolute Gasteiger partial charge is 0.322 e. The predicted molar refractivity (Wildman–Crippen MR) is 93.7 cm³/mol. The van der Waals surface area contributed by atoms with Gasteiger partial charge in [0, 0.05) is 30.4 Å². The average Bonchev–Trinajstić information content (AvgIpc) is 2.63. The van der Waals surface area contributed by atoms with Gasteiger partial charge in [-0.05, 0) is 43.2 Å².